The van der Waals surface area contributed by atoms with E-state index in [0.29, 0.717) is 0 Å². The Morgan fingerprint density at radius 2 is 1.89 bits per heavy atom. The van der Waals surface area contributed by atoms with E-state index in [4.69, 9.17) is 0 Å². The average Bonchev–Trinajstić information content (AvgIpc) is 2.84. The van der Waals surface area contributed by atoms with Crippen molar-refractivity contribution in [2.24, 2.45) is 0 Å². The minimum atomic E-state index is 0.962. The van der Waals surface area contributed by atoms with Gasteiger partial charge in [-0.25, -0.2) is 0 Å². The van der Waals surface area contributed by atoms with Gasteiger partial charge in [-0.1, -0.05) is 48.1 Å². The third-order valence-corrected chi connectivity index (χ3v) is 3.74. The Balaban J connectivity index is 1.95. The lowest BCUT2D eigenvalue weighted by Crippen LogP contribution is -2.17. The van der Waals surface area contributed by atoms with E-state index in [1.807, 2.05) is 0 Å². The molecule has 0 fully saturated rings. The van der Waals surface area contributed by atoms with Crippen LogP contribution in [0.1, 0.15) is 23.9 Å². The molecule has 0 radical (unpaired) electrons. The summed E-state index contributed by atoms with van der Waals surface area (Å²) in [6, 6.07) is 8.43. The van der Waals surface area contributed by atoms with Crippen molar-refractivity contribution < 1.29 is 0 Å². The molecule has 0 bridgehead atoms. The molecule has 0 saturated carbocycles. The number of aromatic nitrogens is 2. The normalized spacial score (nSPS) is 10.8. The smallest absolute Gasteiger partial charge is 0.147 e. The molecule has 2 aromatic rings. The molecule has 2 rings (SSSR count). The minimum absolute atomic E-state index is 0.962. The fraction of sp³-hybridized carbons (Fsp3) is 0.429. The molecule has 96 valence electrons. The lowest BCUT2D eigenvalue weighted by Gasteiger charge is -1.98. The molecule has 0 unspecified atom stereocenters. The van der Waals surface area contributed by atoms with Gasteiger partial charge in [0.25, 0.3) is 0 Å². The van der Waals surface area contributed by atoms with Gasteiger partial charge in [-0.05, 0) is 19.9 Å². The Hall–Kier alpha value is -1.26. The maximum atomic E-state index is 4.26. The summed E-state index contributed by atoms with van der Waals surface area (Å²) in [5, 5.41) is 14.0. The van der Waals surface area contributed by atoms with E-state index in [1.165, 1.54) is 12.0 Å². The number of aryl methyl sites for hydroxylation is 1. The summed E-state index contributed by atoms with van der Waals surface area (Å²) in [7, 11) is 0. The summed E-state index contributed by atoms with van der Waals surface area (Å²) in [6.45, 7) is 6.32. The van der Waals surface area contributed by atoms with Crippen LogP contribution in [0.5, 0.6) is 0 Å². The Bertz CT molecular complexity index is 476. The number of hydrogen-bond donors (Lipinski definition) is 1. The Kier molecular flexibility index (Phi) is 4.84. The van der Waals surface area contributed by atoms with Crippen molar-refractivity contribution in [3.8, 4) is 10.6 Å². The summed E-state index contributed by atoms with van der Waals surface area (Å²) >= 11 is 1.69. The molecule has 1 aromatic carbocycles. The third-order valence-electron chi connectivity index (χ3n) is 2.71. The molecule has 4 heteroatoms. The second-order valence-electron chi connectivity index (χ2n) is 4.37. The largest absolute Gasteiger partial charge is 0.316 e. The summed E-state index contributed by atoms with van der Waals surface area (Å²) in [4.78, 5) is 0. The van der Waals surface area contributed by atoms with Crippen LogP contribution in [0.4, 0.5) is 0 Å². The zero-order chi connectivity index (χ0) is 12.8. The quantitative estimate of drug-likeness (QED) is 0.812. The standard InChI is InChI=1S/C14H19N3S/c1-3-9-15-10-8-13-16-17-14(18-13)12-6-4-11(2)5-7-12/h4-7,15H,3,8-10H2,1-2H3. The molecule has 18 heavy (non-hydrogen) atoms. The predicted molar refractivity (Wildman–Crippen MR) is 76.9 cm³/mol. The highest BCUT2D eigenvalue weighted by Crippen LogP contribution is 2.23. The van der Waals surface area contributed by atoms with Crippen LogP contribution in [0.25, 0.3) is 10.6 Å². The summed E-state index contributed by atoms with van der Waals surface area (Å²) in [5.41, 5.74) is 2.43. The van der Waals surface area contributed by atoms with Gasteiger partial charge in [0.1, 0.15) is 10.0 Å². The van der Waals surface area contributed by atoms with E-state index in [-0.39, 0.29) is 0 Å². The molecular formula is C14H19N3S. The highest BCUT2D eigenvalue weighted by molar-refractivity contribution is 7.14. The summed E-state index contributed by atoms with van der Waals surface area (Å²) < 4.78 is 0. The maximum absolute atomic E-state index is 4.26. The predicted octanol–water partition coefficient (Wildman–Crippen LogP) is 3.06. The van der Waals surface area contributed by atoms with Crippen molar-refractivity contribution >= 4 is 11.3 Å². The maximum Gasteiger partial charge on any atom is 0.147 e. The molecule has 0 saturated heterocycles. The van der Waals surface area contributed by atoms with Gasteiger partial charge in [-0.15, -0.1) is 10.2 Å². The van der Waals surface area contributed by atoms with Crippen LogP contribution in [0.2, 0.25) is 0 Å². The van der Waals surface area contributed by atoms with Crippen molar-refractivity contribution in [1.82, 2.24) is 15.5 Å². The second kappa shape index (κ2) is 6.61. The number of nitrogens with one attached hydrogen (secondary N) is 1. The molecular weight excluding hydrogens is 242 g/mol. The Morgan fingerprint density at radius 1 is 1.11 bits per heavy atom. The monoisotopic (exact) mass is 261 g/mol. The average molecular weight is 261 g/mol. The van der Waals surface area contributed by atoms with Crippen LogP contribution in [-0.2, 0) is 6.42 Å². The first kappa shape index (κ1) is 13.2. The molecule has 0 atom stereocenters. The molecule has 0 aliphatic carbocycles. The van der Waals surface area contributed by atoms with E-state index in [2.05, 4.69) is 53.6 Å². The van der Waals surface area contributed by atoms with Crippen molar-refractivity contribution in [3.63, 3.8) is 0 Å². The van der Waals surface area contributed by atoms with Crippen molar-refractivity contribution in [2.75, 3.05) is 13.1 Å². The first-order chi connectivity index (χ1) is 8.79. The van der Waals surface area contributed by atoms with Gasteiger partial charge < -0.3 is 5.32 Å². The minimum Gasteiger partial charge on any atom is -0.316 e. The Morgan fingerprint density at radius 3 is 2.61 bits per heavy atom. The van der Waals surface area contributed by atoms with Gasteiger partial charge in [-0.2, -0.15) is 0 Å². The van der Waals surface area contributed by atoms with E-state index < -0.39 is 0 Å². The van der Waals surface area contributed by atoms with Crippen LogP contribution in [0.3, 0.4) is 0 Å². The first-order valence-corrected chi connectivity index (χ1v) is 7.21. The van der Waals surface area contributed by atoms with Gasteiger partial charge in [0, 0.05) is 18.5 Å². The van der Waals surface area contributed by atoms with Crippen LogP contribution < -0.4 is 5.32 Å². The number of benzene rings is 1. The second-order valence-corrected chi connectivity index (χ2v) is 5.43. The van der Waals surface area contributed by atoms with Gasteiger partial charge in [0.15, 0.2) is 0 Å². The number of nitrogens with zero attached hydrogens (tertiary/aromatic N) is 2. The highest BCUT2D eigenvalue weighted by atomic mass is 32.1. The van der Waals surface area contributed by atoms with Crippen LogP contribution >= 0.6 is 11.3 Å². The fourth-order valence-corrected chi connectivity index (χ4v) is 2.51. The van der Waals surface area contributed by atoms with Crippen LogP contribution in [0.15, 0.2) is 24.3 Å². The van der Waals surface area contributed by atoms with Gasteiger partial charge in [0.05, 0.1) is 0 Å². The lowest BCUT2D eigenvalue weighted by atomic mass is 10.2. The molecule has 1 aromatic heterocycles. The third kappa shape index (κ3) is 3.62. The molecule has 1 heterocycles. The molecule has 0 aliphatic heterocycles. The number of hydrogen-bond acceptors (Lipinski definition) is 4. The zero-order valence-electron chi connectivity index (χ0n) is 10.9. The van der Waals surface area contributed by atoms with E-state index >= 15 is 0 Å². The van der Waals surface area contributed by atoms with Crippen molar-refractivity contribution in [3.05, 3.63) is 34.8 Å². The fourth-order valence-electron chi connectivity index (χ4n) is 1.66. The van der Waals surface area contributed by atoms with Gasteiger partial charge >= 0.3 is 0 Å². The topological polar surface area (TPSA) is 37.8 Å². The summed E-state index contributed by atoms with van der Waals surface area (Å²) in [6.07, 6.45) is 2.13. The van der Waals surface area contributed by atoms with Gasteiger partial charge in [-0.3, -0.25) is 0 Å². The van der Waals surface area contributed by atoms with Crippen LogP contribution in [-0.4, -0.2) is 23.3 Å². The molecule has 1 N–H and O–H groups in total. The van der Waals surface area contributed by atoms with E-state index in [0.717, 1.165) is 35.1 Å². The first-order valence-electron chi connectivity index (χ1n) is 6.39. The molecule has 3 nitrogen and oxygen atoms in total. The molecule has 0 amide bonds. The highest BCUT2D eigenvalue weighted by Gasteiger charge is 2.05. The van der Waals surface area contributed by atoms with E-state index in [9.17, 15) is 0 Å². The van der Waals surface area contributed by atoms with Crippen molar-refractivity contribution in [1.29, 1.82) is 0 Å². The van der Waals surface area contributed by atoms with E-state index in [1.54, 1.807) is 11.3 Å². The molecule has 0 aliphatic rings. The van der Waals surface area contributed by atoms with Crippen LogP contribution in [0, 0.1) is 6.92 Å². The van der Waals surface area contributed by atoms with Crippen molar-refractivity contribution in [2.45, 2.75) is 26.7 Å². The molecule has 0 spiro atoms. The number of rotatable bonds is 6. The summed E-state index contributed by atoms with van der Waals surface area (Å²) in [5.74, 6) is 0. The lowest BCUT2D eigenvalue weighted by molar-refractivity contribution is 0.668. The zero-order valence-corrected chi connectivity index (χ0v) is 11.8. The Labute approximate surface area is 112 Å². The van der Waals surface area contributed by atoms with Gasteiger partial charge in [0.2, 0.25) is 0 Å². The SMILES string of the molecule is CCCNCCc1nnc(-c2ccc(C)cc2)s1.